The molecule has 61 heavy (non-hydrogen) atoms. The molecule has 1 aromatic rings. The summed E-state index contributed by atoms with van der Waals surface area (Å²) in [5.74, 6) is 2.45. The lowest BCUT2D eigenvalue weighted by Gasteiger charge is -2.72. The number of pyridine rings is 1. The predicted octanol–water partition coefficient (Wildman–Crippen LogP) is 8.40. The van der Waals surface area contributed by atoms with Gasteiger partial charge in [-0.2, -0.15) is 0 Å². The summed E-state index contributed by atoms with van der Waals surface area (Å²) in [6.07, 6.45) is 19.4. The lowest BCUT2D eigenvalue weighted by Crippen LogP contribution is -2.68. The summed E-state index contributed by atoms with van der Waals surface area (Å²) >= 11 is 0. The van der Waals surface area contributed by atoms with Crippen LogP contribution < -0.4 is 15.8 Å². The number of nitrogens with one attached hydrogen (secondary N) is 1. The van der Waals surface area contributed by atoms with E-state index in [4.69, 9.17) is 10.5 Å². The number of aliphatic carboxylic acids is 1. The molecular formula is C50H74N4O6S. The lowest BCUT2D eigenvalue weighted by molar-refractivity contribution is -0.221. The van der Waals surface area contributed by atoms with Crippen LogP contribution in [0.4, 0.5) is 0 Å². The Morgan fingerprint density at radius 2 is 1.72 bits per heavy atom. The van der Waals surface area contributed by atoms with Crippen molar-refractivity contribution in [2.24, 2.45) is 62.4 Å². The summed E-state index contributed by atoms with van der Waals surface area (Å²) in [4.78, 5) is 31.0. The summed E-state index contributed by atoms with van der Waals surface area (Å²) in [6.45, 7) is 23.2. The molecule has 7 aliphatic rings. The van der Waals surface area contributed by atoms with Crippen LogP contribution in [0.25, 0.3) is 0 Å². The summed E-state index contributed by atoms with van der Waals surface area (Å²) in [6, 6.07) is 3.04. The fraction of sp³-hybridized carbons (Fsp3) is 0.740. The van der Waals surface area contributed by atoms with Gasteiger partial charge in [0.25, 0.3) is 0 Å². The molecule has 1 aliphatic heterocycles. The smallest absolute Gasteiger partial charge is 0.310 e. The van der Waals surface area contributed by atoms with Crippen LogP contribution in [0.2, 0.25) is 0 Å². The molecule has 1 saturated heterocycles. The Balaban J connectivity index is 0.982. The number of aromatic nitrogens is 1. The Morgan fingerprint density at radius 1 is 0.967 bits per heavy atom. The second-order valence-electron chi connectivity index (χ2n) is 22.2. The summed E-state index contributed by atoms with van der Waals surface area (Å²) < 4.78 is 30.1. The van der Waals surface area contributed by atoms with E-state index in [2.05, 4.69) is 75.5 Å². The number of nitrogens with zero attached hydrogens (tertiary/aromatic N) is 2. The van der Waals surface area contributed by atoms with Gasteiger partial charge in [-0.1, -0.05) is 58.9 Å². The molecule has 1 aromatic heterocycles. The number of sulfone groups is 1. The van der Waals surface area contributed by atoms with Crippen molar-refractivity contribution in [2.45, 2.75) is 131 Å². The van der Waals surface area contributed by atoms with Crippen molar-refractivity contribution in [2.75, 3.05) is 44.3 Å². The number of ether oxygens (including phenoxy) is 1. The Labute approximate surface area is 365 Å². The maximum absolute atomic E-state index is 12.8. The normalized spacial score (nSPS) is 40.3. The van der Waals surface area contributed by atoms with E-state index in [0.717, 1.165) is 25.9 Å². The SMILES string of the molecule is C=C(C)[C@@H]1CC[C@]2(NCCN3CCS(=O)(=O)CC3)CC[C@]3(C)[C@H](CC[C@@H]4[C@@]5(C)CC=C(C6=CC[C@@](CCOc7cc(C(N)=O)ccn7)(C(=O)O)CC6)C(C)(C)[C@@H]5CC[C@]43C)[C@@H]12. The molecule has 2 heterocycles. The molecule has 4 saturated carbocycles. The highest BCUT2D eigenvalue weighted by Crippen LogP contribution is 2.76. The maximum atomic E-state index is 12.8. The van der Waals surface area contributed by atoms with Gasteiger partial charge in [0.2, 0.25) is 11.8 Å². The zero-order chi connectivity index (χ0) is 43.8. The molecule has 0 aromatic carbocycles. The van der Waals surface area contributed by atoms with Crippen molar-refractivity contribution < 1.29 is 27.9 Å². The Morgan fingerprint density at radius 3 is 2.39 bits per heavy atom. The highest BCUT2D eigenvalue weighted by Gasteiger charge is 2.70. The highest BCUT2D eigenvalue weighted by atomic mass is 32.2. The first-order chi connectivity index (χ1) is 28.7. The molecule has 0 radical (unpaired) electrons. The minimum absolute atomic E-state index is 0.0257. The minimum Gasteiger partial charge on any atom is -0.481 e. The van der Waals surface area contributed by atoms with E-state index in [1.54, 1.807) is 0 Å². The molecule has 6 aliphatic carbocycles. The number of allylic oxidation sites excluding steroid dienone is 5. The lowest BCUT2D eigenvalue weighted by atomic mass is 9.33. The van der Waals surface area contributed by atoms with Crippen LogP contribution in [-0.4, -0.2) is 85.1 Å². The molecule has 10 atom stereocenters. The molecule has 1 amide bonds. The Bertz CT molecular complexity index is 2080. The number of amides is 1. The summed E-state index contributed by atoms with van der Waals surface area (Å²) in [5, 5.41) is 14.7. The number of primary amides is 1. The summed E-state index contributed by atoms with van der Waals surface area (Å²) in [7, 11) is -2.88. The molecule has 0 spiro atoms. The standard InChI is InChI=1S/C50H74N4O6S/c1-33(2)36-12-20-50(53-25-26-54-27-30-61(58,59)31-28-54)22-21-47(6)38(42(36)50)8-9-40-46(5)16-13-37(45(3,4)39(46)14-17-48(40,47)7)34-10-18-49(19-11-34,44(56)57)23-29-60-41-32-35(43(51)55)15-24-52-41/h10,13,15,24,32,36,38-40,42,53H,1,8-9,11-12,14,16-23,25-31H2,2-7H3,(H2,51,55)(H,56,57)/t36-,38+,39-,40+,42+,46-,47+,48+,49+,50-/m0/s1. The van der Waals surface area contributed by atoms with Crippen LogP contribution >= 0.6 is 0 Å². The van der Waals surface area contributed by atoms with Crippen LogP contribution in [0.3, 0.4) is 0 Å². The van der Waals surface area contributed by atoms with Crippen molar-refractivity contribution >= 4 is 21.7 Å². The van der Waals surface area contributed by atoms with Crippen LogP contribution in [0.5, 0.6) is 5.88 Å². The second-order valence-corrected chi connectivity index (χ2v) is 24.5. The zero-order valence-electron chi connectivity index (χ0n) is 38.0. The van der Waals surface area contributed by atoms with Gasteiger partial charge >= 0.3 is 5.97 Å². The number of nitrogens with two attached hydrogens (primary N) is 1. The second kappa shape index (κ2) is 15.9. The van der Waals surface area contributed by atoms with Crippen molar-refractivity contribution in [1.29, 1.82) is 0 Å². The fourth-order valence-electron chi connectivity index (χ4n) is 15.7. The van der Waals surface area contributed by atoms with Crippen molar-refractivity contribution in [3.63, 3.8) is 0 Å². The number of hydrogen-bond acceptors (Lipinski definition) is 8. The molecule has 0 unspecified atom stereocenters. The molecule has 336 valence electrons. The molecule has 5 fully saturated rings. The topological polar surface area (TPSA) is 152 Å². The van der Waals surface area contributed by atoms with Gasteiger partial charge in [-0.3, -0.25) is 9.59 Å². The first-order valence-corrected chi connectivity index (χ1v) is 25.4. The van der Waals surface area contributed by atoms with Crippen LogP contribution in [0.15, 0.2) is 53.8 Å². The first-order valence-electron chi connectivity index (χ1n) is 23.6. The van der Waals surface area contributed by atoms with Crippen LogP contribution in [-0.2, 0) is 14.6 Å². The van der Waals surface area contributed by atoms with E-state index in [-0.39, 0.29) is 51.2 Å². The van der Waals surface area contributed by atoms with Crippen LogP contribution in [0, 0.1) is 56.7 Å². The molecule has 10 nitrogen and oxygen atoms in total. The Hall–Kier alpha value is -3.02. The van der Waals surface area contributed by atoms with Gasteiger partial charge in [-0.15, -0.1) is 0 Å². The molecule has 4 N–H and O–H groups in total. The van der Waals surface area contributed by atoms with Gasteiger partial charge in [-0.05, 0) is 159 Å². The number of carboxylic acid groups (broad SMARTS) is 1. The van der Waals surface area contributed by atoms with Gasteiger partial charge in [-0.25, -0.2) is 13.4 Å². The Kier molecular flexibility index (Phi) is 11.6. The van der Waals surface area contributed by atoms with E-state index in [1.807, 2.05) is 0 Å². The maximum Gasteiger partial charge on any atom is 0.310 e. The third-order valence-corrected chi connectivity index (χ3v) is 20.9. The van der Waals surface area contributed by atoms with Crippen molar-refractivity contribution in [3.05, 3.63) is 59.3 Å². The van der Waals surface area contributed by atoms with Gasteiger partial charge < -0.3 is 25.8 Å². The van der Waals surface area contributed by atoms with Gasteiger partial charge in [0.05, 0.1) is 23.5 Å². The third-order valence-electron chi connectivity index (χ3n) is 19.2. The zero-order valence-corrected chi connectivity index (χ0v) is 38.8. The number of carboxylic acids is 1. The van der Waals surface area contributed by atoms with Gasteiger partial charge in [0, 0.05) is 49.5 Å². The largest absolute Gasteiger partial charge is 0.481 e. The number of rotatable bonds is 12. The number of carbonyl (C=O) groups is 2. The minimum atomic E-state index is -2.88. The van der Waals surface area contributed by atoms with Crippen LogP contribution in [0.1, 0.15) is 135 Å². The monoisotopic (exact) mass is 859 g/mol. The van der Waals surface area contributed by atoms with Gasteiger partial charge in [0.15, 0.2) is 9.84 Å². The first kappa shape index (κ1) is 44.6. The van der Waals surface area contributed by atoms with E-state index >= 15 is 0 Å². The molecule has 8 rings (SSSR count). The predicted molar refractivity (Wildman–Crippen MR) is 241 cm³/mol. The molecule has 0 bridgehead atoms. The van der Waals surface area contributed by atoms with E-state index in [0.29, 0.717) is 67.5 Å². The van der Waals surface area contributed by atoms with E-state index in [9.17, 15) is 23.1 Å². The number of hydrogen-bond donors (Lipinski definition) is 3. The van der Waals surface area contributed by atoms with E-state index in [1.165, 1.54) is 86.4 Å². The van der Waals surface area contributed by atoms with Crippen molar-refractivity contribution in [1.82, 2.24) is 15.2 Å². The van der Waals surface area contributed by atoms with Crippen molar-refractivity contribution in [3.8, 4) is 5.88 Å². The summed E-state index contributed by atoms with van der Waals surface area (Å²) in [5.41, 5.74) is 9.71. The average Bonchev–Trinajstić information content (AvgIpc) is 3.59. The highest BCUT2D eigenvalue weighted by molar-refractivity contribution is 7.91. The van der Waals surface area contributed by atoms with E-state index < -0.39 is 27.1 Å². The third kappa shape index (κ3) is 7.46. The number of carbonyl (C=O) groups excluding carboxylic acids is 1. The molecular weight excluding hydrogens is 785 g/mol. The quantitative estimate of drug-likeness (QED) is 0.176. The average molecular weight is 859 g/mol. The molecule has 11 heteroatoms. The number of fused-ring (bicyclic) bond motifs is 7. The fourth-order valence-corrected chi connectivity index (χ4v) is 17.0. The van der Waals surface area contributed by atoms with Gasteiger partial charge in [0.1, 0.15) is 0 Å².